The summed E-state index contributed by atoms with van der Waals surface area (Å²) < 4.78 is 4.89. The lowest BCUT2D eigenvalue weighted by Gasteiger charge is -2.25. The highest BCUT2D eigenvalue weighted by atomic mass is 35.5. The van der Waals surface area contributed by atoms with Gasteiger partial charge in [-0.15, -0.1) is 0 Å². The lowest BCUT2D eigenvalue weighted by atomic mass is 9.84. The molecule has 0 aliphatic carbocycles. The van der Waals surface area contributed by atoms with Crippen LogP contribution in [-0.4, -0.2) is 40.7 Å². The number of carbonyl (C=O) groups excluding carboxylic acids is 3. The van der Waals surface area contributed by atoms with Gasteiger partial charge in [0.2, 0.25) is 0 Å². The number of nitrogens with one attached hydrogen (secondary N) is 3. The van der Waals surface area contributed by atoms with Gasteiger partial charge in [-0.3, -0.25) is 14.4 Å². The highest BCUT2D eigenvalue weighted by molar-refractivity contribution is 6.48. The van der Waals surface area contributed by atoms with E-state index in [9.17, 15) is 19.2 Å². The molecule has 3 amide bonds. The first-order valence-corrected chi connectivity index (χ1v) is 11.5. The summed E-state index contributed by atoms with van der Waals surface area (Å²) in [6.07, 6.45) is 0. The number of primary amides is 1. The molecule has 0 radical (unpaired) electrons. The van der Waals surface area contributed by atoms with Gasteiger partial charge in [0.25, 0.3) is 11.5 Å². The number of hydrogen-bond acceptors (Lipinski definition) is 7. The van der Waals surface area contributed by atoms with Gasteiger partial charge in [-0.05, 0) is 41.7 Å². The molecule has 194 valence electrons. The Bertz CT molecular complexity index is 1470. The molecule has 0 fully saturated rings. The fourth-order valence-corrected chi connectivity index (χ4v) is 3.91. The van der Waals surface area contributed by atoms with Crippen LogP contribution in [0.15, 0.2) is 46.3 Å². The van der Waals surface area contributed by atoms with E-state index < -0.39 is 35.1 Å². The van der Waals surface area contributed by atoms with Gasteiger partial charge in [0.1, 0.15) is 11.4 Å². The van der Waals surface area contributed by atoms with Crippen LogP contribution in [0.4, 0.5) is 10.5 Å². The highest BCUT2D eigenvalue weighted by Gasteiger charge is 2.37. The average molecular weight is 527 g/mol. The van der Waals surface area contributed by atoms with Gasteiger partial charge in [0.15, 0.2) is 5.92 Å². The molecular weight excluding hydrogens is 500 g/mol. The molecule has 5 N–H and O–H groups in total. The standard InChI is InChI=1S/C25H27ClN6O5/c1-12-7-6-8-14(25(2,3)4)18(12)30-22(34)20(31-32-24(27)36)17(23(35)37-5)19-21(33)29-16-11-13(26)9-10-15(16)28-19/h6-11,17H,1-5H3,(H,29,33)(H,30,34)(H3,27,32,36)/b31-20+/t17-/m0/s1. The van der Waals surface area contributed by atoms with Crippen LogP contribution in [0, 0.1) is 6.92 Å². The van der Waals surface area contributed by atoms with Crippen LogP contribution in [0.5, 0.6) is 0 Å². The van der Waals surface area contributed by atoms with Crippen molar-refractivity contribution in [2.75, 3.05) is 12.4 Å². The summed E-state index contributed by atoms with van der Waals surface area (Å²) in [5, 5.41) is 6.93. The molecule has 37 heavy (non-hydrogen) atoms. The Morgan fingerprint density at radius 2 is 1.89 bits per heavy atom. The fraction of sp³-hybridized carbons (Fsp3) is 0.280. The predicted molar refractivity (Wildman–Crippen MR) is 141 cm³/mol. The largest absolute Gasteiger partial charge is 0.468 e. The molecule has 2 aromatic carbocycles. The molecule has 1 aromatic heterocycles. The summed E-state index contributed by atoms with van der Waals surface area (Å²) in [4.78, 5) is 57.9. The second-order valence-electron chi connectivity index (χ2n) is 9.24. The Balaban J connectivity index is 2.20. The van der Waals surface area contributed by atoms with E-state index in [2.05, 4.69) is 20.4 Å². The van der Waals surface area contributed by atoms with Gasteiger partial charge < -0.3 is 20.8 Å². The van der Waals surface area contributed by atoms with E-state index in [4.69, 9.17) is 22.1 Å². The van der Waals surface area contributed by atoms with Crippen LogP contribution in [0.2, 0.25) is 5.02 Å². The van der Waals surface area contributed by atoms with Crippen LogP contribution >= 0.6 is 11.6 Å². The summed E-state index contributed by atoms with van der Waals surface area (Å²) in [7, 11) is 1.08. The molecular formula is C25H27ClN6O5. The molecule has 3 aromatic rings. The summed E-state index contributed by atoms with van der Waals surface area (Å²) in [5.74, 6) is -3.59. The predicted octanol–water partition coefficient (Wildman–Crippen LogP) is 3.10. The number of anilines is 1. The number of fused-ring (bicyclic) bond motifs is 1. The quantitative estimate of drug-likeness (QED) is 0.218. The first kappa shape index (κ1) is 27.3. The van der Waals surface area contributed by atoms with Gasteiger partial charge in [0.05, 0.1) is 18.1 Å². The molecule has 11 nitrogen and oxygen atoms in total. The first-order chi connectivity index (χ1) is 17.3. The van der Waals surface area contributed by atoms with Crippen molar-refractivity contribution in [3.63, 3.8) is 0 Å². The number of urea groups is 1. The minimum absolute atomic E-state index is 0.296. The van der Waals surface area contributed by atoms with Crippen molar-refractivity contribution < 1.29 is 19.1 Å². The van der Waals surface area contributed by atoms with Gasteiger partial charge in [-0.2, -0.15) is 5.10 Å². The maximum Gasteiger partial charge on any atom is 0.332 e. The number of amides is 3. The number of nitrogens with two attached hydrogens (primary N) is 1. The van der Waals surface area contributed by atoms with E-state index in [0.29, 0.717) is 21.7 Å². The lowest BCUT2D eigenvalue weighted by molar-refractivity contribution is -0.141. The molecule has 0 spiro atoms. The van der Waals surface area contributed by atoms with Gasteiger partial charge >= 0.3 is 12.0 Å². The number of carbonyl (C=O) groups is 3. The number of aromatic nitrogens is 2. The van der Waals surface area contributed by atoms with Crippen molar-refractivity contribution in [1.82, 2.24) is 15.4 Å². The summed E-state index contributed by atoms with van der Waals surface area (Å²) in [5.41, 5.74) is 7.74. The van der Waals surface area contributed by atoms with E-state index in [1.807, 2.05) is 51.3 Å². The van der Waals surface area contributed by atoms with Crippen molar-refractivity contribution >= 4 is 51.9 Å². The summed E-state index contributed by atoms with van der Waals surface area (Å²) >= 11 is 6.00. The Morgan fingerprint density at radius 3 is 2.51 bits per heavy atom. The number of halogens is 1. The SMILES string of the molecule is COC(=O)[C@H](/C(=N\NC(N)=O)C(=O)Nc1c(C)cccc1C(C)(C)C)c1nc2ccc(Cl)cc2[nH]c1=O. The average Bonchev–Trinajstić information content (AvgIpc) is 2.81. The highest BCUT2D eigenvalue weighted by Crippen LogP contribution is 2.32. The third-order valence-electron chi connectivity index (χ3n) is 5.50. The second-order valence-corrected chi connectivity index (χ2v) is 9.68. The molecule has 0 unspecified atom stereocenters. The Labute approximate surface area is 217 Å². The number of aromatic amines is 1. The minimum atomic E-state index is -1.71. The number of nitrogens with zero attached hydrogens (tertiary/aromatic N) is 2. The Morgan fingerprint density at radius 1 is 1.19 bits per heavy atom. The number of hydrazone groups is 1. The molecule has 0 aliphatic heterocycles. The van der Waals surface area contributed by atoms with Crippen LogP contribution < -0.4 is 22.0 Å². The number of H-pyrrole nitrogens is 1. The van der Waals surface area contributed by atoms with Crippen LogP contribution in [0.1, 0.15) is 43.5 Å². The molecule has 1 heterocycles. The van der Waals surface area contributed by atoms with Crippen molar-refractivity contribution in [3.8, 4) is 0 Å². The first-order valence-electron chi connectivity index (χ1n) is 11.1. The van der Waals surface area contributed by atoms with Crippen molar-refractivity contribution in [3.05, 3.63) is 68.6 Å². The molecule has 1 atom stereocenters. The molecule has 0 saturated carbocycles. The maximum atomic E-state index is 13.6. The normalized spacial score (nSPS) is 12.6. The van der Waals surface area contributed by atoms with E-state index in [0.717, 1.165) is 18.2 Å². The van der Waals surface area contributed by atoms with E-state index in [1.165, 1.54) is 12.1 Å². The zero-order valence-corrected chi connectivity index (χ0v) is 21.7. The van der Waals surface area contributed by atoms with Crippen molar-refractivity contribution in [2.24, 2.45) is 10.8 Å². The van der Waals surface area contributed by atoms with Gasteiger partial charge in [0, 0.05) is 10.7 Å². The van der Waals surface area contributed by atoms with Crippen molar-refractivity contribution in [2.45, 2.75) is 39.0 Å². The van der Waals surface area contributed by atoms with Gasteiger partial charge in [-0.25, -0.2) is 15.2 Å². The van der Waals surface area contributed by atoms with Crippen LogP contribution in [0.3, 0.4) is 0 Å². The van der Waals surface area contributed by atoms with E-state index in [1.54, 1.807) is 6.07 Å². The Hall–Kier alpha value is -4.25. The topological polar surface area (TPSA) is 169 Å². The number of aryl methyl sites for hydroxylation is 1. The smallest absolute Gasteiger partial charge is 0.332 e. The second kappa shape index (κ2) is 10.8. The number of methoxy groups -OCH3 is 1. The fourth-order valence-electron chi connectivity index (χ4n) is 3.74. The summed E-state index contributed by atoms with van der Waals surface area (Å²) in [6.45, 7) is 7.73. The number of para-hydroxylation sites is 1. The van der Waals surface area contributed by atoms with Crippen LogP contribution in [0.25, 0.3) is 11.0 Å². The summed E-state index contributed by atoms with van der Waals surface area (Å²) in [6, 6.07) is 9.01. The van der Waals surface area contributed by atoms with E-state index >= 15 is 0 Å². The molecule has 0 saturated heterocycles. The number of esters is 1. The number of benzene rings is 2. The number of ether oxygens (including phenoxy) is 1. The monoisotopic (exact) mass is 526 g/mol. The Kier molecular flexibility index (Phi) is 7.97. The molecule has 3 rings (SSSR count). The molecule has 0 aliphatic rings. The number of rotatable bonds is 6. The lowest BCUT2D eigenvalue weighted by Crippen LogP contribution is -2.40. The van der Waals surface area contributed by atoms with Gasteiger partial charge in [-0.1, -0.05) is 50.6 Å². The minimum Gasteiger partial charge on any atom is -0.468 e. The third kappa shape index (κ3) is 6.12. The van der Waals surface area contributed by atoms with E-state index in [-0.39, 0.29) is 11.1 Å². The third-order valence-corrected chi connectivity index (χ3v) is 5.74. The molecule has 0 bridgehead atoms. The molecule has 12 heteroatoms. The maximum absolute atomic E-state index is 13.6. The zero-order valence-electron chi connectivity index (χ0n) is 20.9. The number of hydrogen-bond donors (Lipinski definition) is 4. The zero-order chi connectivity index (χ0) is 27.5. The van der Waals surface area contributed by atoms with Crippen molar-refractivity contribution in [1.29, 1.82) is 0 Å². The van der Waals surface area contributed by atoms with Crippen LogP contribution in [-0.2, 0) is 19.7 Å².